The molecule has 1 unspecified atom stereocenters. The molecule has 7 heteroatoms. The van der Waals surface area contributed by atoms with E-state index in [1.807, 2.05) is 38.1 Å². The van der Waals surface area contributed by atoms with Gasteiger partial charge >= 0.3 is 0 Å². The summed E-state index contributed by atoms with van der Waals surface area (Å²) in [7, 11) is 1.60. The Bertz CT molecular complexity index is 1230. The Labute approximate surface area is 192 Å². The number of rotatable bonds is 8. The second kappa shape index (κ2) is 9.50. The summed E-state index contributed by atoms with van der Waals surface area (Å²) in [6, 6.07) is 14.0. The van der Waals surface area contributed by atoms with Gasteiger partial charge in [0.15, 0.2) is 0 Å². The van der Waals surface area contributed by atoms with E-state index < -0.39 is 17.7 Å². The van der Waals surface area contributed by atoms with Gasteiger partial charge in [0.1, 0.15) is 11.5 Å². The van der Waals surface area contributed by atoms with Crippen LogP contribution in [0.25, 0.3) is 16.7 Å². The van der Waals surface area contributed by atoms with Gasteiger partial charge in [-0.1, -0.05) is 30.3 Å². The van der Waals surface area contributed by atoms with Crippen LogP contribution in [0.5, 0.6) is 5.75 Å². The second-order valence-electron chi connectivity index (χ2n) is 8.01. The first kappa shape index (κ1) is 22.6. The maximum absolute atomic E-state index is 13.2. The van der Waals surface area contributed by atoms with Crippen molar-refractivity contribution in [2.45, 2.75) is 26.3 Å². The van der Waals surface area contributed by atoms with Gasteiger partial charge < -0.3 is 24.5 Å². The normalized spacial score (nSPS) is 17.8. The summed E-state index contributed by atoms with van der Waals surface area (Å²) in [6.07, 6.45) is 0.571. The Morgan fingerprint density at radius 2 is 1.94 bits per heavy atom. The molecule has 0 radical (unpaired) electrons. The number of carbonyl (C=O) groups is 2. The molecule has 172 valence electrons. The largest absolute Gasteiger partial charge is 0.507 e. The fourth-order valence-corrected chi connectivity index (χ4v) is 4.50. The van der Waals surface area contributed by atoms with Crippen molar-refractivity contribution in [3.8, 4) is 5.75 Å². The summed E-state index contributed by atoms with van der Waals surface area (Å²) in [5.74, 6) is -0.945. The monoisotopic (exact) mass is 448 g/mol. The predicted octanol–water partition coefficient (Wildman–Crippen LogP) is 4.33. The zero-order valence-electron chi connectivity index (χ0n) is 19.1. The van der Waals surface area contributed by atoms with Crippen molar-refractivity contribution >= 4 is 28.4 Å². The first-order chi connectivity index (χ1) is 16.0. The minimum absolute atomic E-state index is 0.0823. The molecule has 1 aliphatic rings. The van der Waals surface area contributed by atoms with Crippen LogP contribution in [-0.4, -0.2) is 53.5 Å². The van der Waals surface area contributed by atoms with Gasteiger partial charge in [-0.2, -0.15) is 0 Å². The molecule has 0 aliphatic carbocycles. The molecule has 2 heterocycles. The number of amides is 1. The van der Waals surface area contributed by atoms with Crippen LogP contribution in [0.2, 0.25) is 0 Å². The molecule has 1 aromatic heterocycles. The van der Waals surface area contributed by atoms with Gasteiger partial charge in [0, 0.05) is 48.0 Å². The number of aliphatic hydroxyl groups excluding tert-OH is 1. The van der Waals surface area contributed by atoms with Crippen molar-refractivity contribution in [3.05, 3.63) is 70.9 Å². The quantitative estimate of drug-likeness (QED) is 0.232. The smallest absolute Gasteiger partial charge is 0.295 e. The molecule has 1 fully saturated rings. The zero-order chi connectivity index (χ0) is 23.5. The van der Waals surface area contributed by atoms with Crippen molar-refractivity contribution in [3.63, 3.8) is 0 Å². The van der Waals surface area contributed by atoms with Gasteiger partial charge in [-0.05, 0) is 38.5 Å². The number of hydrogen-bond acceptors (Lipinski definition) is 5. The van der Waals surface area contributed by atoms with Gasteiger partial charge in [0.05, 0.1) is 18.2 Å². The number of aromatic amines is 1. The Balaban J connectivity index is 1.91. The highest BCUT2D eigenvalue weighted by molar-refractivity contribution is 6.46. The van der Waals surface area contributed by atoms with E-state index in [0.717, 1.165) is 22.2 Å². The van der Waals surface area contributed by atoms with E-state index in [9.17, 15) is 14.7 Å². The zero-order valence-corrected chi connectivity index (χ0v) is 19.1. The predicted molar refractivity (Wildman–Crippen MR) is 126 cm³/mol. The number of aryl methyl sites for hydroxylation is 1. The van der Waals surface area contributed by atoms with E-state index in [4.69, 9.17) is 9.47 Å². The molecule has 1 amide bonds. The van der Waals surface area contributed by atoms with Crippen LogP contribution in [-0.2, 0) is 14.3 Å². The molecule has 1 saturated heterocycles. The Morgan fingerprint density at radius 3 is 2.70 bits per heavy atom. The summed E-state index contributed by atoms with van der Waals surface area (Å²) in [5, 5.41) is 12.2. The highest BCUT2D eigenvalue weighted by Crippen LogP contribution is 2.43. The third kappa shape index (κ3) is 4.12. The lowest BCUT2D eigenvalue weighted by molar-refractivity contribution is -0.140. The third-order valence-electron chi connectivity index (χ3n) is 5.92. The van der Waals surface area contributed by atoms with Gasteiger partial charge in [0.25, 0.3) is 11.7 Å². The molecule has 0 spiro atoms. The van der Waals surface area contributed by atoms with E-state index >= 15 is 0 Å². The number of H-pyrrole nitrogens is 1. The maximum atomic E-state index is 13.2. The lowest BCUT2D eigenvalue weighted by Crippen LogP contribution is -2.31. The number of hydrogen-bond donors (Lipinski definition) is 2. The van der Waals surface area contributed by atoms with Crippen molar-refractivity contribution < 1.29 is 24.2 Å². The first-order valence-corrected chi connectivity index (χ1v) is 11.1. The SMILES string of the molecule is CCOc1cccc(/C(O)=C2\C(=O)C(=O)N(CCCOC)C2c2c(C)[nH]c3ccccc23)c1. The number of ketones is 1. The minimum atomic E-state index is -0.714. The third-order valence-corrected chi connectivity index (χ3v) is 5.92. The minimum Gasteiger partial charge on any atom is -0.507 e. The number of benzene rings is 2. The standard InChI is InChI=1S/C26H28N2O5/c1-4-33-18-10-7-9-17(15-18)24(29)22-23(28(13-8-14-32-3)26(31)25(22)30)21-16(2)27-20-12-6-5-11-19(20)21/h5-7,9-12,15,23,27,29H,4,8,13-14H2,1-3H3/b24-22+. The van der Waals surface area contributed by atoms with Crippen molar-refractivity contribution in [2.75, 3.05) is 26.9 Å². The molecule has 2 aromatic carbocycles. The summed E-state index contributed by atoms with van der Waals surface area (Å²) in [6.45, 7) is 5.05. The second-order valence-corrected chi connectivity index (χ2v) is 8.01. The van der Waals surface area contributed by atoms with E-state index in [1.165, 1.54) is 0 Å². The van der Waals surface area contributed by atoms with Crippen LogP contribution in [0.4, 0.5) is 0 Å². The van der Waals surface area contributed by atoms with Crippen LogP contribution in [0.15, 0.2) is 54.1 Å². The molecule has 7 nitrogen and oxygen atoms in total. The summed E-state index contributed by atoms with van der Waals surface area (Å²) >= 11 is 0. The molecule has 0 saturated carbocycles. The van der Waals surface area contributed by atoms with Crippen molar-refractivity contribution in [2.24, 2.45) is 0 Å². The van der Waals surface area contributed by atoms with E-state index in [0.29, 0.717) is 37.5 Å². The molecular formula is C26H28N2O5. The Kier molecular flexibility index (Phi) is 6.51. The summed E-state index contributed by atoms with van der Waals surface area (Å²) in [5.41, 5.74) is 3.07. The summed E-state index contributed by atoms with van der Waals surface area (Å²) < 4.78 is 10.7. The molecule has 1 aliphatic heterocycles. The molecule has 2 N–H and O–H groups in total. The van der Waals surface area contributed by atoms with E-state index in [1.54, 1.807) is 36.3 Å². The van der Waals surface area contributed by atoms with Crippen LogP contribution < -0.4 is 4.74 Å². The van der Waals surface area contributed by atoms with Gasteiger partial charge in [-0.15, -0.1) is 0 Å². The topological polar surface area (TPSA) is 91.9 Å². The van der Waals surface area contributed by atoms with E-state index in [2.05, 4.69) is 4.98 Å². The molecule has 33 heavy (non-hydrogen) atoms. The Hall–Kier alpha value is -3.58. The molecular weight excluding hydrogens is 420 g/mol. The van der Waals surface area contributed by atoms with Crippen LogP contribution in [0, 0.1) is 6.92 Å². The highest BCUT2D eigenvalue weighted by atomic mass is 16.5. The number of nitrogens with zero attached hydrogens (tertiary/aromatic N) is 1. The fraction of sp³-hybridized carbons (Fsp3) is 0.308. The van der Waals surface area contributed by atoms with Gasteiger partial charge in [-0.25, -0.2) is 0 Å². The number of fused-ring (bicyclic) bond motifs is 1. The number of para-hydroxylation sites is 1. The lowest BCUT2D eigenvalue weighted by atomic mass is 9.93. The molecule has 3 aromatic rings. The number of likely N-dealkylation sites (tertiary alicyclic amines) is 1. The van der Waals surface area contributed by atoms with E-state index in [-0.39, 0.29) is 11.3 Å². The lowest BCUT2D eigenvalue weighted by Gasteiger charge is -2.25. The van der Waals surface area contributed by atoms with Gasteiger partial charge in [0.2, 0.25) is 0 Å². The number of carbonyl (C=O) groups excluding carboxylic acids is 2. The number of nitrogens with one attached hydrogen (secondary N) is 1. The number of methoxy groups -OCH3 is 1. The molecule has 1 atom stereocenters. The van der Waals surface area contributed by atoms with Crippen LogP contribution >= 0.6 is 0 Å². The highest BCUT2D eigenvalue weighted by Gasteiger charge is 2.47. The number of Topliss-reactive ketones (excluding diaryl/α,β-unsaturated/α-hetero) is 1. The van der Waals surface area contributed by atoms with Crippen LogP contribution in [0.1, 0.15) is 36.2 Å². The van der Waals surface area contributed by atoms with Crippen LogP contribution in [0.3, 0.4) is 0 Å². The molecule has 0 bridgehead atoms. The summed E-state index contributed by atoms with van der Waals surface area (Å²) in [4.78, 5) is 31.3. The fourth-order valence-electron chi connectivity index (χ4n) is 4.50. The number of aromatic nitrogens is 1. The Morgan fingerprint density at radius 1 is 1.15 bits per heavy atom. The molecule has 4 rings (SSSR count). The van der Waals surface area contributed by atoms with Crippen molar-refractivity contribution in [1.82, 2.24) is 9.88 Å². The number of aliphatic hydroxyl groups is 1. The van der Waals surface area contributed by atoms with Crippen molar-refractivity contribution in [1.29, 1.82) is 0 Å². The first-order valence-electron chi connectivity index (χ1n) is 11.1. The number of ether oxygens (including phenoxy) is 2. The average molecular weight is 449 g/mol. The average Bonchev–Trinajstić information content (AvgIpc) is 3.27. The maximum Gasteiger partial charge on any atom is 0.295 e. The van der Waals surface area contributed by atoms with Gasteiger partial charge in [-0.3, -0.25) is 9.59 Å².